The summed E-state index contributed by atoms with van der Waals surface area (Å²) in [6.45, 7) is 0. The predicted molar refractivity (Wildman–Crippen MR) is 44.4 cm³/mol. The molecule has 46 valence electrons. The van der Waals surface area contributed by atoms with Crippen molar-refractivity contribution in [1.82, 2.24) is 0 Å². The summed E-state index contributed by atoms with van der Waals surface area (Å²) in [5.41, 5.74) is 1.18. The Bertz CT molecular complexity index is 193. The molecule has 9 heavy (non-hydrogen) atoms. The van der Waals surface area contributed by atoms with Crippen LogP contribution in [0.4, 0.5) is 0 Å². The van der Waals surface area contributed by atoms with Gasteiger partial charge in [-0.3, -0.25) is 0 Å². The van der Waals surface area contributed by atoms with E-state index in [9.17, 15) is 0 Å². The highest BCUT2D eigenvalue weighted by Crippen LogP contribution is 2.04. The molecular weight excluding hydrogens is 151 g/mol. The summed E-state index contributed by atoms with van der Waals surface area (Å²) in [6.07, 6.45) is 0. The highest BCUT2D eigenvalue weighted by atomic mass is 35.7. The molecule has 0 bridgehead atoms. The largest absolute Gasteiger partial charge is 0.0622 e. The fraction of sp³-hybridized carbons (Fsp3) is 0. The maximum Gasteiger partial charge on any atom is 0.00618 e. The van der Waals surface area contributed by atoms with E-state index in [1.54, 1.807) is 0 Å². The van der Waals surface area contributed by atoms with Crippen LogP contribution in [0.3, 0.4) is 0 Å². The molecule has 0 aliphatic carbocycles. The summed E-state index contributed by atoms with van der Waals surface area (Å²) in [7, 11) is 0.792. The zero-order valence-electron chi connectivity index (χ0n) is 4.79. The van der Waals surface area contributed by atoms with Crippen molar-refractivity contribution in [1.29, 1.82) is 0 Å². The predicted octanol–water partition coefficient (Wildman–Crippen LogP) is 2.94. The van der Waals surface area contributed by atoms with Crippen LogP contribution < -0.4 is 0 Å². The van der Waals surface area contributed by atoms with Crippen LogP contribution in [0.25, 0.3) is 0 Å². The first kappa shape index (κ1) is 6.80. The summed E-state index contributed by atoms with van der Waals surface area (Å²) in [5, 5.41) is 0. The molecule has 0 unspecified atom stereocenters. The molecule has 0 N–H and O–H groups in total. The Morgan fingerprint density at radius 2 is 1.89 bits per heavy atom. The van der Waals surface area contributed by atoms with E-state index in [2.05, 4.69) is 0 Å². The summed E-state index contributed by atoms with van der Waals surface area (Å²) >= 11 is 5.45. The van der Waals surface area contributed by atoms with Crippen molar-refractivity contribution in [3.8, 4) is 0 Å². The molecule has 0 aliphatic rings. The fourth-order valence-corrected chi connectivity index (χ4v) is 1.22. The molecule has 0 atom stereocenters. The number of rotatable bonds is 1. The Kier molecular flexibility index (Phi) is 2.76. The van der Waals surface area contributed by atoms with Crippen LogP contribution in [0.2, 0.25) is 0 Å². The summed E-state index contributed by atoms with van der Waals surface area (Å²) in [6, 6.07) is 10.0. The van der Waals surface area contributed by atoms with Gasteiger partial charge in [0.15, 0.2) is 0 Å². The second-order valence-corrected chi connectivity index (χ2v) is 2.68. The molecule has 0 fully saturated rings. The standard InChI is InChI=1S/C7H6ClP/c8-9-6-7-4-2-1-3-5-7/h1-6H. The van der Waals surface area contributed by atoms with Crippen LogP contribution >= 0.6 is 18.8 Å². The lowest BCUT2D eigenvalue weighted by Gasteiger charge is -1.85. The van der Waals surface area contributed by atoms with Gasteiger partial charge in [0.1, 0.15) is 0 Å². The summed E-state index contributed by atoms with van der Waals surface area (Å²) in [4.78, 5) is 0. The Hall–Kier alpha value is -0.320. The molecule has 0 spiro atoms. The van der Waals surface area contributed by atoms with E-state index in [4.69, 9.17) is 11.2 Å². The Morgan fingerprint density at radius 3 is 2.44 bits per heavy atom. The normalized spacial score (nSPS) is 10.3. The van der Waals surface area contributed by atoms with Gasteiger partial charge in [0.25, 0.3) is 0 Å². The van der Waals surface area contributed by atoms with Crippen molar-refractivity contribution in [2.75, 3.05) is 0 Å². The molecule has 0 aliphatic heterocycles. The molecule has 0 saturated heterocycles. The average molecular weight is 157 g/mol. The van der Waals surface area contributed by atoms with E-state index in [1.807, 2.05) is 36.1 Å². The monoisotopic (exact) mass is 156 g/mol. The lowest BCUT2D eigenvalue weighted by atomic mass is 10.2. The average Bonchev–Trinajstić information content (AvgIpc) is 1.91. The number of halogens is 1. The number of hydrogen-bond acceptors (Lipinski definition) is 0. The third kappa shape index (κ3) is 2.17. The fourth-order valence-electron chi connectivity index (χ4n) is 0.595. The molecule has 0 saturated carbocycles. The van der Waals surface area contributed by atoms with E-state index >= 15 is 0 Å². The molecule has 0 nitrogen and oxygen atoms in total. The van der Waals surface area contributed by atoms with Crippen LogP contribution in [0.1, 0.15) is 5.56 Å². The third-order valence-electron chi connectivity index (χ3n) is 0.997. The van der Waals surface area contributed by atoms with Gasteiger partial charge in [-0.05, 0) is 11.4 Å². The van der Waals surface area contributed by atoms with E-state index in [-0.39, 0.29) is 0 Å². The molecule has 0 aromatic heterocycles. The van der Waals surface area contributed by atoms with E-state index in [1.165, 1.54) is 5.56 Å². The van der Waals surface area contributed by atoms with Gasteiger partial charge in [0, 0.05) is 7.56 Å². The SMILES string of the molecule is ClP=Cc1ccccc1. The van der Waals surface area contributed by atoms with Crippen LogP contribution in [-0.2, 0) is 0 Å². The molecule has 1 aromatic carbocycles. The van der Waals surface area contributed by atoms with E-state index in [0.29, 0.717) is 0 Å². The molecular formula is C7H6ClP. The van der Waals surface area contributed by atoms with Crippen LogP contribution in [-0.4, -0.2) is 5.80 Å². The van der Waals surface area contributed by atoms with Gasteiger partial charge in [-0.2, -0.15) is 0 Å². The Labute approximate surface area is 61.1 Å². The van der Waals surface area contributed by atoms with Crippen molar-refractivity contribution in [2.24, 2.45) is 0 Å². The van der Waals surface area contributed by atoms with Crippen molar-refractivity contribution < 1.29 is 0 Å². The first-order chi connectivity index (χ1) is 4.43. The molecule has 0 radical (unpaired) electrons. The van der Waals surface area contributed by atoms with Crippen molar-refractivity contribution >= 4 is 24.6 Å². The lowest BCUT2D eigenvalue weighted by molar-refractivity contribution is 1.69. The first-order valence-corrected chi connectivity index (χ1v) is 4.50. The molecule has 1 rings (SSSR count). The highest BCUT2D eigenvalue weighted by molar-refractivity contribution is 7.68. The lowest BCUT2D eigenvalue weighted by Crippen LogP contribution is -1.72. The highest BCUT2D eigenvalue weighted by Gasteiger charge is 1.78. The minimum atomic E-state index is 0.792. The maximum absolute atomic E-state index is 5.45. The summed E-state index contributed by atoms with van der Waals surface area (Å²) < 4.78 is 0. The Balaban J connectivity index is 2.85. The quantitative estimate of drug-likeness (QED) is 0.549. The minimum Gasteiger partial charge on any atom is -0.0622 e. The third-order valence-corrected chi connectivity index (χ3v) is 1.69. The summed E-state index contributed by atoms with van der Waals surface area (Å²) in [5.74, 6) is 1.95. The molecule has 2 heteroatoms. The van der Waals surface area contributed by atoms with Gasteiger partial charge in [-0.25, -0.2) is 0 Å². The second-order valence-electron chi connectivity index (χ2n) is 1.64. The topological polar surface area (TPSA) is 0 Å². The molecule has 0 amide bonds. The minimum absolute atomic E-state index is 0.792. The first-order valence-electron chi connectivity index (χ1n) is 2.63. The van der Waals surface area contributed by atoms with Gasteiger partial charge in [-0.1, -0.05) is 41.6 Å². The molecule has 1 aromatic rings. The Morgan fingerprint density at radius 1 is 1.22 bits per heavy atom. The zero-order valence-corrected chi connectivity index (χ0v) is 6.44. The maximum atomic E-state index is 5.45. The van der Waals surface area contributed by atoms with Gasteiger partial charge in [-0.15, -0.1) is 0 Å². The van der Waals surface area contributed by atoms with Crippen molar-refractivity contribution in [2.45, 2.75) is 0 Å². The van der Waals surface area contributed by atoms with Crippen molar-refractivity contribution in [3.05, 3.63) is 35.9 Å². The van der Waals surface area contributed by atoms with E-state index < -0.39 is 0 Å². The molecule has 0 heterocycles. The second kappa shape index (κ2) is 3.66. The number of hydrogen-bond donors (Lipinski definition) is 0. The van der Waals surface area contributed by atoms with Gasteiger partial charge < -0.3 is 0 Å². The zero-order chi connectivity index (χ0) is 6.53. The van der Waals surface area contributed by atoms with Gasteiger partial charge in [0.05, 0.1) is 0 Å². The van der Waals surface area contributed by atoms with Gasteiger partial charge in [0.2, 0.25) is 0 Å². The number of benzene rings is 1. The van der Waals surface area contributed by atoms with Crippen LogP contribution in [0.5, 0.6) is 0 Å². The van der Waals surface area contributed by atoms with Gasteiger partial charge >= 0.3 is 0 Å². The van der Waals surface area contributed by atoms with E-state index in [0.717, 1.165) is 7.56 Å². The van der Waals surface area contributed by atoms with Crippen molar-refractivity contribution in [3.63, 3.8) is 0 Å². The van der Waals surface area contributed by atoms with Crippen LogP contribution in [0.15, 0.2) is 30.3 Å². The van der Waals surface area contributed by atoms with Crippen LogP contribution in [0, 0.1) is 0 Å². The smallest absolute Gasteiger partial charge is 0.00618 e.